The molecule has 1 aliphatic rings. The van der Waals surface area contributed by atoms with E-state index >= 15 is 0 Å². The molecule has 6 nitrogen and oxygen atoms in total. The van der Waals surface area contributed by atoms with Gasteiger partial charge in [-0.1, -0.05) is 39.0 Å². The number of nitrogens with zero attached hydrogens (tertiary/aromatic N) is 1. The third kappa shape index (κ3) is 3.82. The Kier molecular flexibility index (Phi) is 5.62. The van der Waals surface area contributed by atoms with Gasteiger partial charge in [0.2, 0.25) is 0 Å². The maximum absolute atomic E-state index is 13.3. The number of aliphatic hydroxyl groups excluding tert-OH is 1. The van der Waals surface area contributed by atoms with Crippen LogP contribution in [0.1, 0.15) is 49.3 Å². The average Bonchev–Trinajstić information content (AvgIpc) is 3.40. The Morgan fingerprint density at radius 1 is 1.06 bits per heavy atom. The molecule has 2 heterocycles. The molecule has 1 fully saturated rings. The molecule has 1 N–H and O–H groups in total. The Morgan fingerprint density at radius 2 is 1.79 bits per heavy atom. The number of benzene rings is 2. The van der Waals surface area contributed by atoms with Crippen molar-refractivity contribution in [2.45, 2.75) is 39.2 Å². The molecule has 0 saturated carbocycles. The normalized spacial score (nSPS) is 18.1. The molecule has 3 aromatic rings. The number of carbonyl (C=O) groups is 2. The van der Waals surface area contributed by atoms with Crippen LogP contribution in [-0.2, 0) is 15.0 Å². The Morgan fingerprint density at radius 3 is 2.39 bits per heavy atom. The van der Waals surface area contributed by atoms with Crippen LogP contribution in [0.2, 0.25) is 0 Å². The summed E-state index contributed by atoms with van der Waals surface area (Å²) in [4.78, 5) is 27.9. The Labute approximate surface area is 193 Å². The second kappa shape index (κ2) is 8.28. The zero-order chi connectivity index (χ0) is 23.9. The molecule has 33 heavy (non-hydrogen) atoms. The first-order valence-electron chi connectivity index (χ1n) is 10.7. The van der Waals surface area contributed by atoms with Gasteiger partial charge in [-0.2, -0.15) is 0 Å². The number of aliphatic hydroxyl groups is 1. The Hall–Kier alpha value is -3.80. The maximum atomic E-state index is 13.3. The van der Waals surface area contributed by atoms with E-state index in [0.29, 0.717) is 22.8 Å². The van der Waals surface area contributed by atoms with Gasteiger partial charge in [-0.3, -0.25) is 14.5 Å². The van der Waals surface area contributed by atoms with Gasteiger partial charge in [-0.25, -0.2) is 0 Å². The Balaban J connectivity index is 1.95. The van der Waals surface area contributed by atoms with E-state index in [1.165, 1.54) is 11.2 Å². The van der Waals surface area contributed by atoms with Crippen molar-refractivity contribution in [1.29, 1.82) is 0 Å². The highest BCUT2D eigenvalue weighted by atomic mass is 16.5. The summed E-state index contributed by atoms with van der Waals surface area (Å²) in [6, 6.07) is 15.1. The summed E-state index contributed by atoms with van der Waals surface area (Å²) in [6.45, 7) is 7.98. The van der Waals surface area contributed by atoms with Gasteiger partial charge in [0.15, 0.2) is 0 Å². The van der Waals surface area contributed by atoms with Crippen molar-refractivity contribution in [1.82, 2.24) is 0 Å². The van der Waals surface area contributed by atoms with Gasteiger partial charge in [0.25, 0.3) is 11.7 Å². The van der Waals surface area contributed by atoms with E-state index in [0.717, 1.165) is 11.1 Å². The lowest BCUT2D eigenvalue weighted by molar-refractivity contribution is -0.132. The summed E-state index contributed by atoms with van der Waals surface area (Å²) in [5.41, 5.74) is 2.44. The van der Waals surface area contributed by atoms with Crippen molar-refractivity contribution in [2.24, 2.45) is 0 Å². The number of carbonyl (C=O) groups excluding carboxylic acids is 2. The van der Waals surface area contributed by atoms with Crippen LogP contribution >= 0.6 is 0 Å². The van der Waals surface area contributed by atoms with E-state index in [2.05, 4.69) is 0 Å². The fourth-order valence-electron chi connectivity index (χ4n) is 4.23. The van der Waals surface area contributed by atoms with E-state index in [1.54, 1.807) is 49.6 Å². The van der Waals surface area contributed by atoms with Crippen molar-refractivity contribution in [3.63, 3.8) is 0 Å². The lowest BCUT2D eigenvalue weighted by Gasteiger charge is -2.25. The monoisotopic (exact) mass is 445 g/mol. The van der Waals surface area contributed by atoms with E-state index < -0.39 is 17.7 Å². The van der Waals surface area contributed by atoms with Crippen molar-refractivity contribution >= 4 is 23.1 Å². The summed E-state index contributed by atoms with van der Waals surface area (Å²) >= 11 is 0. The van der Waals surface area contributed by atoms with Gasteiger partial charge in [0.1, 0.15) is 23.3 Å². The van der Waals surface area contributed by atoms with Crippen LogP contribution in [0.3, 0.4) is 0 Å². The number of ketones is 1. The second-order valence-corrected chi connectivity index (χ2v) is 9.14. The van der Waals surface area contributed by atoms with E-state index in [1.807, 2.05) is 39.8 Å². The van der Waals surface area contributed by atoms with Crippen molar-refractivity contribution < 1.29 is 23.8 Å². The molecule has 1 aliphatic heterocycles. The fourth-order valence-corrected chi connectivity index (χ4v) is 4.23. The molecular formula is C27H27NO5. The predicted octanol–water partition coefficient (Wildman–Crippen LogP) is 5.52. The number of amides is 1. The molecule has 170 valence electrons. The van der Waals surface area contributed by atoms with Crippen LogP contribution in [0.15, 0.2) is 70.9 Å². The maximum Gasteiger partial charge on any atom is 0.300 e. The molecule has 0 bridgehead atoms. The molecule has 4 rings (SSSR count). The number of furan rings is 1. The number of rotatable bonds is 4. The Bertz CT molecular complexity index is 1250. The first kappa shape index (κ1) is 22.4. The minimum atomic E-state index is -0.888. The summed E-state index contributed by atoms with van der Waals surface area (Å²) in [5, 5.41) is 11.4. The molecule has 6 heteroatoms. The van der Waals surface area contributed by atoms with Gasteiger partial charge in [0, 0.05) is 16.8 Å². The molecule has 1 unspecified atom stereocenters. The first-order chi connectivity index (χ1) is 15.6. The number of para-hydroxylation sites is 1. The van der Waals surface area contributed by atoms with E-state index in [4.69, 9.17) is 9.15 Å². The SMILES string of the molecule is COc1ccc(/C(O)=C2/C(=O)C(=O)N(c3ccccc3C)C2c2ccco2)cc1C(C)(C)C. The van der Waals surface area contributed by atoms with Gasteiger partial charge in [-0.05, 0) is 54.3 Å². The standard InChI is InChI=1S/C27H27NO5/c1-16-9-6-7-10-19(16)28-23(21-11-8-14-33-21)22(25(30)26(28)31)24(29)17-12-13-20(32-5)18(15-17)27(2,3)4/h6-15,23,29H,1-5H3/b24-22-. The van der Waals surface area contributed by atoms with Crippen LogP contribution in [0.25, 0.3) is 5.76 Å². The fraction of sp³-hybridized carbons (Fsp3) is 0.259. The van der Waals surface area contributed by atoms with Crippen LogP contribution in [0.4, 0.5) is 5.69 Å². The zero-order valence-corrected chi connectivity index (χ0v) is 19.4. The molecular weight excluding hydrogens is 418 g/mol. The van der Waals surface area contributed by atoms with Gasteiger partial charge < -0.3 is 14.3 Å². The van der Waals surface area contributed by atoms with E-state index in [-0.39, 0.29) is 16.7 Å². The molecule has 1 atom stereocenters. The molecule has 0 spiro atoms. The number of aryl methyl sites for hydroxylation is 1. The molecule has 0 aliphatic carbocycles. The number of methoxy groups -OCH3 is 1. The van der Waals surface area contributed by atoms with Crippen molar-refractivity contribution in [2.75, 3.05) is 12.0 Å². The predicted molar refractivity (Wildman–Crippen MR) is 126 cm³/mol. The van der Waals surface area contributed by atoms with Crippen LogP contribution in [0, 0.1) is 6.92 Å². The van der Waals surface area contributed by atoms with Crippen molar-refractivity contribution in [3.05, 3.63) is 88.9 Å². The quantitative estimate of drug-likeness (QED) is 0.325. The summed E-state index contributed by atoms with van der Waals surface area (Å²) in [6.07, 6.45) is 1.48. The number of hydrogen-bond donors (Lipinski definition) is 1. The third-order valence-corrected chi connectivity index (χ3v) is 5.91. The largest absolute Gasteiger partial charge is 0.507 e. The summed E-state index contributed by atoms with van der Waals surface area (Å²) in [7, 11) is 1.59. The highest BCUT2D eigenvalue weighted by molar-refractivity contribution is 6.51. The van der Waals surface area contributed by atoms with Gasteiger partial charge in [0.05, 0.1) is 18.9 Å². The molecule has 1 saturated heterocycles. The van der Waals surface area contributed by atoms with Gasteiger partial charge in [-0.15, -0.1) is 0 Å². The highest BCUT2D eigenvalue weighted by Crippen LogP contribution is 2.44. The zero-order valence-electron chi connectivity index (χ0n) is 19.4. The minimum absolute atomic E-state index is 0.0109. The third-order valence-electron chi connectivity index (χ3n) is 5.91. The van der Waals surface area contributed by atoms with Crippen LogP contribution < -0.4 is 9.64 Å². The number of ether oxygens (including phenoxy) is 1. The first-order valence-corrected chi connectivity index (χ1v) is 10.7. The number of hydrogen-bond acceptors (Lipinski definition) is 5. The number of anilines is 1. The lowest BCUT2D eigenvalue weighted by Crippen LogP contribution is -2.29. The molecule has 1 aromatic heterocycles. The van der Waals surface area contributed by atoms with Gasteiger partial charge >= 0.3 is 0 Å². The average molecular weight is 446 g/mol. The van der Waals surface area contributed by atoms with E-state index in [9.17, 15) is 14.7 Å². The minimum Gasteiger partial charge on any atom is -0.507 e. The summed E-state index contributed by atoms with van der Waals surface area (Å²) in [5.74, 6) is -0.647. The van der Waals surface area contributed by atoms with Crippen LogP contribution in [0.5, 0.6) is 5.75 Å². The number of Topliss-reactive ketones (excluding diaryl/α,β-unsaturated/α-hetero) is 1. The molecule has 1 amide bonds. The smallest absolute Gasteiger partial charge is 0.300 e. The van der Waals surface area contributed by atoms with Crippen LogP contribution in [-0.4, -0.2) is 23.9 Å². The highest BCUT2D eigenvalue weighted by Gasteiger charge is 2.48. The molecule has 2 aromatic carbocycles. The molecule has 0 radical (unpaired) electrons. The van der Waals surface area contributed by atoms with Crippen molar-refractivity contribution in [3.8, 4) is 5.75 Å². The second-order valence-electron chi connectivity index (χ2n) is 9.14. The lowest BCUT2D eigenvalue weighted by atomic mass is 9.84. The topological polar surface area (TPSA) is 80.0 Å². The summed E-state index contributed by atoms with van der Waals surface area (Å²) < 4.78 is 11.1.